The van der Waals surface area contributed by atoms with Gasteiger partial charge in [0.25, 0.3) is 0 Å². The Morgan fingerprint density at radius 2 is 1.74 bits per heavy atom. The summed E-state index contributed by atoms with van der Waals surface area (Å²) in [6.07, 6.45) is 0. The van der Waals surface area contributed by atoms with E-state index < -0.39 is 10.0 Å². The number of aromatic nitrogens is 2. The second-order valence-corrected chi connectivity index (χ2v) is 6.96. The summed E-state index contributed by atoms with van der Waals surface area (Å²) in [7, 11) is -2.20. The molecule has 7 heteroatoms. The first-order chi connectivity index (χ1) is 10.9. The number of hydrogen-bond acceptors (Lipinski definition) is 5. The van der Waals surface area contributed by atoms with Crippen molar-refractivity contribution in [3.05, 3.63) is 48.0 Å². The third kappa shape index (κ3) is 2.64. The van der Waals surface area contributed by atoms with Gasteiger partial charge in [-0.1, -0.05) is 30.3 Å². The van der Waals surface area contributed by atoms with Gasteiger partial charge in [0.05, 0.1) is 4.90 Å². The van der Waals surface area contributed by atoms with Crippen LogP contribution in [0.25, 0.3) is 22.0 Å². The van der Waals surface area contributed by atoms with Crippen LogP contribution in [-0.4, -0.2) is 30.8 Å². The minimum absolute atomic E-state index is 0.153. The highest BCUT2D eigenvalue weighted by molar-refractivity contribution is 7.89. The number of aryl methyl sites for hydroxylation is 1. The average Bonchev–Trinajstić information content (AvgIpc) is 2.56. The van der Waals surface area contributed by atoms with Gasteiger partial charge in [-0.3, -0.25) is 0 Å². The number of fused-ring (bicyclic) bond motifs is 1. The van der Waals surface area contributed by atoms with Gasteiger partial charge in [0, 0.05) is 16.3 Å². The van der Waals surface area contributed by atoms with Crippen LogP contribution in [0.3, 0.4) is 0 Å². The normalized spacial score (nSPS) is 11.7. The standard InChI is InChI=1S/C16H15N3O3S/c1-10-7-8-11(9-14(10)23(21,22)17-2)15-12-5-3-4-6-13(12)16(20)19-18-15/h3-9,17H,1-2H3,(H,19,20). The third-order valence-electron chi connectivity index (χ3n) is 3.69. The molecule has 23 heavy (non-hydrogen) atoms. The van der Waals surface area contributed by atoms with Gasteiger partial charge >= 0.3 is 0 Å². The second kappa shape index (κ2) is 5.60. The summed E-state index contributed by atoms with van der Waals surface area (Å²) in [6.45, 7) is 1.73. The van der Waals surface area contributed by atoms with E-state index in [1.165, 1.54) is 7.05 Å². The topological polar surface area (TPSA) is 92.2 Å². The van der Waals surface area contributed by atoms with Gasteiger partial charge < -0.3 is 5.11 Å². The monoisotopic (exact) mass is 329 g/mol. The van der Waals surface area contributed by atoms with Crippen molar-refractivity contribution in [2.45, 2.75) is 11.8 Å². The first kappa shape index (κ1) is 15.4. The molecule has 0 bridgehead atoms. The molecule has 0 atom stereocenters. The Morgan fingerprint density at radius 1 is 1.04 bits per heavy atom. The molecule has 0 saturated carbocycles. The maximum atomic E-state index is 12.1. The molecule has 0 fully saturated rings. The Balaban J connectivity index is 2.29. The van der Waals surface area contributed by atoms with Crippen LogP contribution in [0.2, 0.25) is 0 Å². The van der Waals surface area contributed by atoms with Crippen molar-refractivity contribution in [1.29, 1.82) is 0 Å². The highest BCUT2D eigenvalue weighted by atomic mass is 32.2. The number of benzene rings is 2. The van der Waals surface area contributed by atoms with Crippen LogP contribution in [-0.2, 0) is 10.0 Å². The van der Waals surface area contributed by atoms with Crippen molar-refractivity contribution in [3.8, 4) is 17.1 Å². The van der Waals surface area contributed by atoms with Crippen molar-refractivity contribution >= 4 is 20.8 Å². The third-order valence-corrected chi connectivity index (χ3v) is 5.24. The Bertz CT molecular complexity index is 1000. The van der Waals surface area contributed by atoms with Crippen LogP contribution < -0.4 is 4.72 Å². The lowest BCUT2D eigenvalue weighted by molar-refractivity contribution is 0.453. The van der Waals surface area contributed by atoms with Crippen LogP contribution in [0.1, 0.15) is 5.56 Å². The predicted molar refractivity (Wildman–Crippen MR) is 87.6 cm³/mol. The number of nitrogens with zero attached hydrogens (tertiary/aromatic N) is 2. The molecule has 2 N–H and O–H groups in total. The zero-order valence-electron chi connectivity index (χ0n) is 12.6. The molecular formula is C16H15N3O3S. The molecule has 3 aromatic rings. The van der Waals surface area contributed by atoms with E-state index in [0.29, 0.717) is 27.6 Å². The molecule has 0 saturated heterocycles. The van der Waals surface area contributed by atoms with Gasteiger partial charge in [-0.2, -0.15) is 0 Å². The predicted octanol–water partition coefficient (Wildman–Crippen LogP) is 2.22. The molecule has 0 aliphatic rings. The van der Waals surface area contributed by atoms with Crippen molar-refractivity contribution in [3.63, 3.8) is 0 Å². The fourth-order valence-corrected chi connectivity index (χ4v) is 3.44. The number of aromatic hydroxyl groups is 1. The molecule has 1 aromatic heterocycles. The smallest absolute Gasteiger partial charge is 0.240 e. The first-order valence-electron chi connectivity index (χ1n) is 6.93. The number of rotatable bonds is 3. The number of sulfonamides is 1. The lowest BCUT2D eigenvalue weighted by atomic mass is 10.0. The largest absolute Gasteiger partial charge is 0.492 e. The van der Waals surface area contributed by atoms with E-state index in [2.05, 4.69) is 14.9 Å². The van der Waals surface area contributed by atoms with Gasteiger partial charge in [0.2, 0.25) is 15.9 Å². The molecule has 0 amide bonds. The molecule has 3 rings (SSSR count). The molecule has 0 spiro atoms. The van der Waals surface area contributed by atoms with Gasteiger partial charge in [0.15, 0.2) is 0 Å². The summed E-state index contributed by atoms with van der Waals surface area (Å²) < 4.78 is 26.6. The molecule has 2 aromatic carbocycles. The molecular weight excluding hydrogens is 314 g/mol. The van der Waals surface area contributed by atoms with Crippen LogP contribution in [0, 0.1) is 6.92 Å². The molecule has 6 nitrogen and oxygen atoms in total. The first-order valence-corrected chi connectivity index (χ1v) is 8.41. The fraction of sp³-hybridized carbons (Fsp3) is 0.125. The molecule has 118 valence electrons. The van der Waals surface area contributed by atoms with Gasteiger partial charge in [-0.05, 0) is 31.7 Å². The minimum Gasteiger partial charge on any atom is -0.492 e. The van der Waals surface area contributed by atoms with Crippen molar-refractivity contribution < 1.29 is 13.5 Å². The summed E-state index contributed by atoms with van der Waals surface area (Å²) in [5, 5.41) is 18.9. The highest BCUT2D eigenvalue weighted by Crippen LogP contribution is 2.31. The van der Waals surface area contributed by atoms with Crippen LogP contribution in [0.5, 0.6) is 5.88 Å². The molecule has 1 heterocycles. The van der Waals surface area contributed by atoms with E-state index in [1.807, 2.05) is 12.1 Å². The Kier molecular flexibility index (Phi) is 3.75. The van der Waals surface area contributed by atoms with E-state index in [4.69, 9.17) is 0 Å². The maximum absolute atomic E-state index is 12.1. The van der Waals surface area contributed by atoms with Crippen molar-refractivity contribution in [2.75, 3.05) is 7.05 Å². The zero-order chi connectivity index (χ0) is 16.6. The van der Waals surface area contributed by atoms with E-state index in [9.17, 15) is 13.5 Å². The Hall–Kier alpha value is -2.51. The lowest BCUT2D eigenvalue weighted by Crippen LogP contribution is -2.19. The number of nitrogens with one attached hydrogen (secondary N) is 1. The number of hydrogen-bond donors (Lipinski definition) is 2. The average molecular weight is 329 g/mol. The fourth-order valence-electron chi connectivity index (χ4n) is 2.45. The van der Waals surface area contributed by atoms with E-state index in [1.54, 1.807) is 37.3 Å². The van der Waals surface area contributed by atoms with Crippen molar-refractivity contribution in [2.24, 2.45) is 0 Å². The van der Waals surface area contributed by atoms with Gasteiger partial charge in [0.1, 0.15) is 5.69 Å². The molecule has 0 aliphatic heterocycles. The maximum Gasteiger partial charge on any atom is 0.240 e. The molecule has 0 radical (unpaired) electrons. The van der Waals surface area contributed by atoms with Gasteiger partial charge in [-0.25, -0.2) is 13.1 Å². The minimum atomic E-state index is -3.57. The van der Waals surface area contributed by atoms with Crippen LogP contribution in [0.4, 0.5) is 0 Å². The summed E-state index contributed by atoms with van der Waals surface area (Å²) in [5.74, 6) is -0.153. The second-order valence-electron chi connectivity index (χ2n) is 5.11. The van der Waals surface area contributed by atoms with E-state index in [0.717, 1.165) is 0 Å². The summed E-state index contributed by atoms with van der Waals surface area (Å²) >= 11 is 0. The Morgan fingerprint density at radius 3 is 2.43 bits per heavy atom. The summed E-state index contributed by atoms with van der Waals surface area (Å²) in [4.78, 5) is 0.191. The van der Waals surface area contributed by atoms with Crippen molar-refractivity contribution in [1.82, 2.24) is 14.9 Å². The van der Waals surface area contributed by atoms with E-state index in [-0.39, 0.29) is 10.8 Å². The summed E-state index contributed by atoms with van der Waals surface area (Å²) in [5.41, 5.74) is 1.78. The van der Waals surface area contributed by atoms with Crippen LogP contribution >= 0.6 is 0 Å². The SMILES string of the molecule is CNS(=O)(=O)c1cc(-c2nnc(O)c3ccccc23)ccc1C. The zero-order valence-corrected chi connectivity index (χ0v) is 13.4. The quantitative estimate of drug-likeness (QED) is 0.768. The summed E-state index contributed by atoms with van der Waals surface area (Å²) in [6, 6.07) is 12.2. The van der Waals surface area contributed by atoms with E-state index >= 15 is 0 Å². The molecule has 0 unspecified atom stereocenters. The lowest BCUT2D eigenvalue weighted by Gasteiger charge is -2.10. The molecule has 0 aliphatic carbocycles. The Labute approximate surface area is 133 Å². The van der Waals surface area contributed by atoms with Gasteiger partial charge in [-0.15, -0.1) is 10.2 Å². The van der Waals surface area contributed by atoms with Crippen LogP contribution in [0.15, 0.2) is 47.4 Å². The highest BCUT2D eigenvalue weighted by Gasteiger charge is 2.17.